The van der Waals surface area contributed by atoms with Crippen LogP contribution in [0.3, 0.4) is 0 Å². The molecule has 19 heavy (non-hydrogen) atoms. The lowest BCUT2D eigenvalue weighted by molar-refractivity contribution is 0.248. The van der Waals surface area contributed by atoms with Crippen molar-refractivity contribution >= 4 is 0 Å². The van der Waals surface area contributed by atoms with Crippen molar-refractivity contribution < 1.29 is 0 Å². The second-order valence-corrected chi connectivity index (χ2v) is 5.78. The van der Waals surface area contributed by atoms with Crippen LogP contribution in [-0.2, 0) is 19.5 Å². The van der Waals surface area contributed by atoms with E-state index in [-0.39, 0.29) is 5.56 Å². The Labute approximate surface area is 114 Å². The third-order valence-electron chi connectivity index (χ3n) is 4.23. The van der Waals surface area contributed by atoms with E-state index in [1.165, 1.54) is 17.7 Å². The van der Waals surface area contributed by atoms with Crippen molar-refractivity contribution in [3.8, 4) is 0 Å². The van der Waals surface area contributed by atoms with Gasteiger partial charge in [-0.1, -0.05) is 6.92 Å². The molecule has 1 aliphatic carbocycles. The van der Waals surface area contributed by atoms with Gasteiger partial charge in [-0.3, -0.25) is 9.69 Å². The Hall–Kier alpha value is -1.13. The quantitative estimate of drug-likeness (QED) is 0.891. The molecule has 0 amide bonds. The number of aromatic nitrogens is 1. The number of pyridine rings is 1. The lowest BCUT2D eigenvalue weighted by atomic mass is 10.0. The highest BCUT2D eigenvalue weighted by atomic mass is 16.1. The van der Waals surface area contributed by atoms with Gasteiger partial charge in [0.15, 0.2) is 0 Å². The zero-order chi connectivity index (χ0) is 13.4. The zero-order valence-corrected chi connectivity index (χ0v) is 11.7. The van der Waals surface area contributed by atoms with E-state index < -0.39 is 0 Å². The molecule has 1 saturated carbocycles. The maximum absolute atomic E-state index is 12.4. The van der Waals surface area contributed by atoms with Crippen LogP contribution in [0.15, 0.2) is 10.9 Å². The minimum Gasteiger partial charge on any atom is -0.326 e. The standard InChI is InChI=1S/C15H23N3O/c1-2-6-17-7-5-14-12(10-17)8-11(9-16)15(19)18(14)13-3-4-13/h8,13H,2-7,9-10,16H2,1H3. The summed E-state index contributed by atoms with van der Waals surface area (Å²) in [6, 6.07) is 2.50. The van der Waals surface area contributed by atoms with E-state index in [9.17, 15) is 4.79 Å². The Kier molecular flexibility index (Phi) is 3.46. The van der Waals surface area contributed by atoms with Crippen LogP contribution < -0.4 is 11.3 Å². The second-order valence-electron chi connectivity index (χ2n) is 5.78. The fourth-order valence-electron chi connectivity index (χ4n) is 3.16. The highest BCUT2D eigenvalue weighted by Crippen LogP contribution is 2.36. The lowest BCUT2D eigenvalue weighted by Gasteiger charge is -2.30. The van der Waals surface area contributed by atoms with Crippen molar-refractivity contribution in [2.75, 3.05) is 13.1 Å². The molecule has 0 radical (unpaired) electrons. The van der Waals surface area contributed by atoms with E-state index >= 15 is 0 Å². The van der Waals surface area contributed by atoms with Crippen molar-refractivity contribution in [1.29, 1.82) is 0 Å². The highest BCUT2D eigenvalue weighted by Gasteiger charge is 2.30. The minimum atomic E-state index is 0.160. The Morgan fingerprint density at radius 2 is 2.21 bits per heavy atom. The molecular weight excluding hydrogens is 238 g/mol. The predicted octanol–water partition coefficient (Wildman–Crippen LogP) is 1.41. The zero-order valence-electron chi connectivity index (χ0n) is 11.7. The van der Waals surface area contributed by atoms with Crippen molar-refractivity contribution in [3.05, 3.63) is 33.2 Å². The molecule has 0 unspecified atom stereocenters. The maximum atomic E-state index is 12.4. The Morgan fingerprint density at radius 1 is 1.42 bits per heavy atom. The van der Waals surface area contributed by atoms with Gasteiger partial charge in [0, 0.05) is 43.4 Å². The van der Waals surface area contributed by atoms with Gasteiger partial charge >= 0.3 is 0 Å². The van der Waals surface area contributed by atoms with Crippen LogP contribution in [-0.4, -0.2) is 22.6 Å². The summed E-state index contributed by atoms with van der Waals surface area (Å²) in [5.74, 6) is 0. The van der Waals surface area contributed by atoms with E-state index in [4.69, 9.17) is 5.73 Å². The van der Waals surface area contributed by atoms with E-state index in [0.29, 0.717) is 12.6 Å². The molecule has 0 spiro atoms. The number of nitrogens with two attached hydrogens (primary N) is 1. The third kappa shape index (κ3) is 2.35. The van der Waals surface area contributed by atoms with Crippen molar-refractivity contribution in [3.63, 3.8) is 0 Å². The van der Waals surface area contributed by atoms with Crippen LogP contribution in [0.2, 0.25) is 0 Å². The summed E-state index contributed by atoms with van der Waals surface area (Å²) < 4.78 is 2.06. The molecule has 1 aromatic rings. The molecule has 0 atom stereocenters. The van der Waals surface area contributed by atoms with E-state index in [1.807, 2.05) is 0 Å². The molecular formula is C15H23N3O. The Balaban J connectivity index is 2.02. The van der Waals surface area contributed by atoms with E-state index in [1.54, 1.807) is 0 Å². The third-order valence-corrected chi connectivity index (χ3v) is 4.23. The first-order valence-corrected chi connectivity index (χ1v) is 7.43. The normalized spacial score (nSPS) is 19.5. The number of fused-ring (bicyclic) bond motifs is 1. The molecule has 4 nitrogen and oxygen atoms in total. The SMILES string of the molecule is CCCN1CCc2c(cc(CN)c(=O)n2C2CC2)C1. The molecule has 2 heterocycles. The molecule has 4 heteroatoms. The minimum absolute atomic E-state index is 0.160. The maximum Gasteiger partial charge on any atom is 0.255 e. The van der Waals surface area contributed by atoms with Crippen molar-refractivity contribution in [2.24, 2.45) is 5.73 Å². The van der Waals surface area contributed by atoms with Crippen LogP contribution >= 0.6 is 0 Å². The summed E-state index contributed by atoms with van der Waals surface area (Å²) >= 11 is 0. The molecule has 3 rings (SSSR count). The number of hydrogen-bond acceptors (Lipinski definition) is 3. The topological polar surface area (TPSA) is 51.3 Å². The summed E-state index contributed by atoms with van der Waals surface area (Å²) in [4.78, 5) is 14.9. The molecule has 1 fully saturated rings. The van der Waals surface area contributed by atoms with Crippen LogP contribution in [0.4, 0.5) is 0 Å². The first-order valence-electron chi connectivity index (χ1n) is 7.43. The Morgan fingerprint density at radius 3 is 2.84 bits per heavy atom. The van der Waals surface area contributed by atoms with Crippen molar-refractivity contribution in [1.82, 2.24) is 9.47 Å². The van der Waals surface area contributed by atoms with Gasteiger partial charge in [-0.25, -0.2) is 0 Å². The average Bonchev–Trinajstić information content (AvgIpc) is 3.23. The fourth-order valence-corrected chi connectivity index (χ4v) is 3.16. The van der Waals surface area contributed by atoms with Gasteiger partial charge in [0.2, 0.25) is 0 Å². The number of rotatable bonds is 4. The number of hydrogen-bond donors (Lipinski definition) is 1. The van der Waals surface area contributed by atoms with Crippen LogP contribution in [0.25, 0.3) is 0 Å². The molecule has 0 bridgehead atoms. The Bertz CT molecular complexity index is 531. The van der Waals surface area contributed by atoms with Gasteiger partial charge in [-0.05, 0) is 37.4 Å². The monoisotopic (exact) mass is 261 g/mol. The first-order chi connectivity index (χ1) is 9.24. The molecule has 0 aromatic carbocycles. The van der Waals surface area contributed by atoms with Gasteiger partial charge in [-0.15, -0.1) is 0 Å². The van der Waals surface area contributed by atoms with Crippen LogP contribution in [0.1, 0.15) is 49.0 Å². The average molecular weight is 261 g/mol. The number of nitrogens with zero attached hydrogens (tertiary/aromatic N) is 2. The van der Waals surface area contributed by atoms with Crippen LogP contribution in [0, 0.1) is 0 Å². The highest BCUT2D eigenvalue weighted by molar-refractivity contribution is 5.30. The summed E-state index contributed by atoms with van der Waals surface area (Å²) in [6.45, 7) is 5.76. The molecule has 2 N–H and O–H groups in total. The molecule has 104 valence electrons. The smallest absolute Gasteiger partial charge is 0.255 e. The molecule has 1 aliphatic heterocycles. The van der Waals surface area contributed by atoms with E-state index in [2.05, 4.69) is 22.5 Å². The van der Waals surface area contributed by atoms with Gasteiger partial charge < -0.3 is 10.3 Å². The summed E-state index contributed by atoms with van der Waals surface area (Å²) in [7, 11) is 0. The molecule has 1 aromatic heterocycles. The van der Waals surface area contributed by atoms with Gasteiger partial charge in [0.05, 0.1) is 0 Å². The van der Waals surface area contributed by atoms with Gasteiger partial charge in [0.1, 0.15) is 0 Å². The summed E-state index contributed by atoms with van der Waals surface area (Å²) in [5, 5.41) is 0. The summed E-state index contributed by atoms with van der Waals surface area (Å²) in [5.41, 5.74) is 9.28. The summed E-state index contributed by atoms with van der Waals surface area (Å²) in [6.07, 6.45) is 4.49. The fraction of sp³-hybridized carbons (Fsp3) is 0.667. The van der Waals surface area contributed by atoms with Gasteiger partial charge in [-0.2, -0.15) is 0 Å². The second kappa shape index (κ2) is 5.10. The van der Waals surface area contributed by atoms with E-state index in [0.717, 1.165) is 44.5 Å². The largest absolute Gasteiger partial charge is 0.326 e. The van der Waals surface area contributed by atoms with Gasteiger partial charge in [0.25, 0.3) is 5.56 Å². The molecule has 2 aliphatic rings. The predicted molar refractivity (Wildman–Crippen MR) is 76.1 cm³/mol. The lowest BCUT2D eigenvalue weighted by Crippen LogP contribution is -2.37. The first kappa shape index (κ1) is 12.9. The van der Waals surface area contributed by atoms with Crippen LogP contribution in [0.5, 0.6) is 0 Å². The van der Waals surface area contributed by atoms with Crippen molar-refractivity contribution in [2.45, 2.75) is 51.7 Å². The molecule has 0 saturated heterocycles.